The Kier molecular flexibility index (Phi) is 7.01. The van der Waals surface area contributed by atoms with E-state index in [2.05, 4.69) is 29.4 Å². The lowest BCUT2D eigenvalue weighted by molar-refractivity contribution is 0.159. The molecule has 2 N–H and O–H groups in total. The summed E-state index contributed by atoms with van der Waals surface area (Å²) in [6, 6.07) is 0.691. The number of nitrogens with zero attached hydrogens (tertiary/aromatic N) is 1. The summed E-state index contributed by atoms with van der Waals surface area (Å²) >= 11 is 0. The average Bonchev–Trinajstić information content (AvgIpc) is 2.34. The lowest BCUT2D eigenvalue weighted by Gasteiger charge is -2.33. The number of piperidine rings is 1. The predicted octanol–water partition coefficient (Wildman–Crippen LogP) is 1.96. The maximum atomic E-state index is 11.3. The fraction of sp³-hybridized carbons (Fsp3) is 0.923. The normalized spacial score (nSPS) is 21.2. The summed E-state index contributed by atoms with van der Waals surface area (Å²) in [5.74, 6) is 0. The topological polar surface area (TPSA) is 44.4 Å². The summed E-state index contributed by atoms with van der Waals surface area (Å²) in [6.45, 7) is 8.23. The second-order valence-corrected chi connectivity index (χ2v) is 4.92. The van der Waals surface area contributed by atoms with E-state index in [0.29, 0.717) is 0 Å². The van der Waals surface area contributed by atoms with Crippen LogP contribution < -0.4 is 10.6 Å². The molecule has 4 nitrogen and oxygen atoms in total. The van der Waals surface area contributed by atoms with E-state index in [-0.39, 0.29) is 6.03 Å². The van der Waals surface area contributed by atoms with Crippen LogP contribution in [0.15, 0.2) is 0 Å². The number of rotatable bonds is 6. The highest BCUT2D eigenvalue weighted by Crippen LogP contribution is 2.15. The Balaban J connectivity index is 2.01. The smallest absolute Gasteiger partial charge is 0.314 e. The van der Waals surface area contributed by atoms with Gasteiger partial charge >= 0.3 is 6.03 Å². The maximum absolute atomic E-state index is 11.3. The number of urea groups is 1. The van der Waals surface area contributed by atoms with Crippen LogP contribution in [0.5, 0.6) is 0 Å². The third-order valence-electron chi connectivity index (χ3n) is 3.38. The third kappa shape index (κ3) is 5.91. The van der Waals surface area contributed by atoms with Gasteiger partial charge in [-0.15, -0.1) is 0 Å². The molecule has 1 saturated heterocycles. The molecule has 0 aromatic carbocycles. The first-order valence-corrected chi connectivity index (χ1v) is 6.99. The molecular weight excluding hydrogens is 214 g/mol. The van der Waals surface area contributed by atoms with Crippen molar-refractivity contribution < 1.29 is 4.79 Å². The van der Waals surface area contributed by atoms with Crippen LogP contribution in [0, 0.1) is 0 Å². The first-order chi connectivity index (χ1) is 8.24. The molecule has 0 saturated carbocycles. The van der Waals surface area contributed by atoms with E-state index in [1.165, 1.54) is 25.8 Å². The molecule has 0 radical (unpaired) electrons. The second-order valence-electron chi connectivity index (χ2n) is 4.92. The molecule has 0 aromatic heterocycles. The summed E-state index contributed by atoms with van der Waals surface area (Å²) in [6.07, 6.45) is 6.05. The van der Waals surface area contributed by atoms with Crippen molar-refractivity contribution in [3.63, 3.8) is 0 Å². The zero-order chi connectivity index (χ0) is 12.5. The van der Waals surface area contributed by atoms with Gasteiger partial charge in [0.1, 0.15) is 0 Å². The Hall–Kier alpha value is -0.770. The number of hydrogen-bond donors (Lipinski definition) is 2. The Labute approximate surface area is 105 Å². The van der Waals surface area contributed by atoms with Gasteiger partial charge in [0, 0.05) is 25.7 Å². The standard InChI is InChI=1S/C13H27N3O/c1-3-8-14-13(17)15-9-6-11-16-10-5-4-7-12(16)2/h12H,3-11H2,1-2H3,(H2,14,15,17). The summed E-state index contributed by atoms with van der Waals surface area (Å²) in [4.78, 5) is 13.8. The third-order valence-corrected chi connectivity index (χ3v) is 3.38. The van der Waals surface area contributed by atoms with Crippen molar-refractivity contribution in [2.45, 2.75) is 52.0 Å². The number of nitrogens with one attached hydrogen (secondary N) is 2. The summed E-state index contributed by atoms with van der Waals surface area (Å²) in [7, 11) is 0. The van der Waals surface area contributed by atoms with Crippen molar-refractivity contribution in [1.82, 2.24) is 15.5 Å². The van der Waals surface area contributed by atoms with Crippen molar-refractivity contribution in [3.8, 4) is 0 Å². The minimum Gasteiger partial charge on any atom is -0.338 e. The molecule has 1 fully saturated rings. The molecular formula is C13H27N3O. The molecule has 0 aromatic rings. The van der Waals surface area contributed by atoms with E-state index < -0.39 is 0 Å². The Bertz CT molecular complexity index is 221. The van der Waals surface area contributed by atoms with Gasteiger partial charge in [0.25, 0.3) is 0 Å². The van der Waals surface area contributed by atoms with Gasteiger partial charge in [0.05, 0.1) is 0 Å². The minimum absolute atomic E-state index is 0.0291. The van der Waals surface area contributed by atoms with Crippen molar-refractivity contribution in [1.29, 1.82) is 0 Å². The highest BCUT2D eigenvalue weighted by atomic mass is 16.2. The zero-order valence-corrected chi connectivity index (χ0v) is 11.3. The van der Waals surface area contributed by atoms with Crippen LogP contribution in [0.4, 0.5) is 4.79 Å². The largest absolute Gasteiger partial charge is 0.338 e. The molecule has 1 unspecified atom stereocenters. The van der Waals surface area contributed by atoms with Gasteiger partial charge in [0.15, 0.2) is 0 Å². The van der Waals surface area contributed by atoms with Crippen molar-refractivity contribution in [3.05, 3.63) is 0 Å². The summed E-state index contributed by atoms with van der Waals surface area (Å²) in [5.41, 5.74) is 0. The number of hydrogen-bond acceptors (Lipinski definition) is 2. The van der Waals surface area contributed by atoms with Crippen LogP contribution >= 0.6 is 0 Å². The minimum atomic E-state index is -0.0291. The quantitative estimate of drug-likeness (QED) is 0.698. The Morgan fingerprint density at radius 2 is 2.06 bits per heavy atom. The van der Waals surface area contributed by atoms with Crippen LogP contribution in [0.3, 0.4) is 0 Å². The molecule has 0 aliphatic carbocycles. The second kappa shape index (κ2) is 8.34. The first kappa shape index (κ1) is 14.3. The predicted molar refractivity (Wildman–Crippen MR) is 71.2 cm³/mol. The Morgan fingerprint density at radius 1 is 1.29 bits per heavy atom. The fourth-order valence-electron chi connectivity index (χ4n) is 2.27. The average molecular weight is 241 g/mol. The summed E-state index contributed by atoms with van der Waals surface area (Å²) in [5, 5.41) is 5.71. The van der Waals surface area contributed by atoms with Gasteiger partial charge in [0.2, 0.25) is 0 Å². The molecule has 1 rings (SSSR count). The molecule has 1 aliphatic rings. The van der Waals surface area contributed by atoms with E-state index >= 15 is 0 Å². The molecule has 1 heterocycles. The molecule has 4 heteroatoms. The molecule has 2 amide bonds. The van der Waals surface area contributed by atoms with Crippen LogP contribution in [0.2, 0.25) is 0 Å². The van der Waals surface area contributed by atoms with Gasteiger partial charge in [-0.05, 0) is 39.2 Å². The van der Waals surface area contributed by atoms with Crippen molar-refractivity contribution in [2.24, 2.45) is 0 Å². The van der Waals surface area contributed by atoms with Gasteiger partial charge < -0.3 is 15.5 Å². The molecule has 0 spiro atoms. The van der Waals surface area contributed by atoms with Crippen LogP contribution in [0.25, 0.3) is 0 Å². The van der Waals surface area contributed by atoms with E-state index in [9.17, 15) is 4.79 Å². The van der Waals surface area contributed by atoms with E-state index in [1.807, 2.05) is 0 Å². The van der Waals surface area contributed by atoms with Crippen LogP contribution in [0.1, 0.15) is 46.0 Å². The number of amides is 2. The van der Waals surface area contributed by atoms with Crippen LogP contribution in [-0.2, 0) is 0 Å². The number of carbonyl (C=O) groups excluding carboxylic acids is 1. The first-order valence-electron chi connectivity index (χ1n) is 6.99. The molecule has 0 bridgehead atoms. The summed E-state index contributed by atoms with van der Waals surface area (Å²) < 4.78 is 0. The van der Waals surface area contributed by atoms with Gasteiger partial charge in [-0.2, -0.15) is 0 Å². The van der Waals surface area contributed by atoms with Gasteiger partial charge in [-0.3, -0.25) is 0 Å². The van der Waals surface area contributed by atoms with E-state index in [0.717, 1.165) is 38.5 Å². The lowest BCUT2D eigenvalue weighted by Crippen LogP contribution is -2.40. The maximum Gasteiger partial charge on any atom is 0.314 e. The van der Waals surface area contributed by atoms with E-state index in [1.54, 1.807) is 0 Å². The number of carbonyl (C=O) groups is 1. The Morgan fingerprint density at radius 3 is 2.76 bits per heavy atom. The van der Waals surface area contributed by atoms with E-state index in [4.69, 9.17) is 0 Å². The number of likely N-dealkylation sites (tertiary alicyclic amines) is 1. The molecule has 1 atom stereocenters. The van der Waals surface area contributed by atoms with Crippen molar-refractivity contribution >= 4 is 6.03 Å². The van der Waals surface area contributed by atoms with Crippen LogP contribution in [-0.4, -0.2) is 43.2 Å². The zero-order valence-electron chi connectivity index (χ0n) is 11.3. The SMILES string of the molecule is CCCNC(=O)NCCCN1CCCCC1C. The monoisotopic (exact) mass is 241 g/mol. The molecule has 1 aliphatic heterocycles. The van der Waals surface area contributed by atoms with Crippen molar-refractivity contribution in [2.75, 3.05) is 26.2 Å². The van der Waals surface area contributed by atoms with Gasteiger partial charge in [-0.1, -0.05) is 13.3 Å². The fourth-order valence-corrected chi connectivity index (χ4v) is 2.27. The highest BCUT2D eigenvalue weighted by molar-refractivity contribution is 5.73. The highest BCUT2D eigenvalue weighted by Gasteiger charge is 2.16. The lowest BCUT2D eigenvalue weighted by atomic mass is 10.0. The molecule has 17 heavy (non-hydrogen) atoms. The van der Waals surface area contributed by atoms with Gasteiger partial charge in [-0.25, -0.2) is 4.79 Å². The molecule has 100 valence electrons.